The molecule has 2 aromatic carbocycles. The molecule has 0 radical (unpaired) electrons. The first-order valence-corrected chi connectivity index (χ1v) is 7.64. The highest BCUT2D eigenvalue weighted by atomic mass is 79.9. The molecule has 4 nitrogen and oxygen atoms in total. The zero-order valence-corrected chi connectivity index (χ0v) is 13.9. The fraction of sp³-hybridized carbons (Fsp3) is 0.188. The van der Waals surface area contributed by atoms with Crippen molar-refractivity contribution < 1.29 is 18.3 Å². The van der Waals surface area contributed by atoms with Crippen molar-refractivity contribution in [2.24, 2.45) is 0 Å². The molecule has 0 aliphatic heterocycles. The van der Waals surface area contributed by atoms with Crippen molar-refractivity contribution in [3.8, 4) is 5.75 Å². The second-order valence-corrected chi connectivity index (χ2v) is 5.62. The molecule has 0 bridgehead atoms. The molecule has 0 unspecified atom stereocenters. The number of carbonyl (C=O) groups excluding carboxylic acids is 1. The molecular formula is C16H15BrF2N2O2. The molecule has 0 aliphatic rings. The third-order valence-electron chi connectivity index (χ3n) is 2.96. The van der Waals surface area contributed by atoms with E-state index in [1.807, 2.05) is 19.1 Å². The SMILES string of the molecule is Cc1cc(NC(=O)NCCOc2ccc(F)c(F)c2)ccc1Br. The summed E-state index contributed by atoms with van der Waals surface area (Å²) >= 11 is 3.38. The standard InChI is InChI=1S/C16H15BrF2N2O2/c1-10-8-11(2-4-13(10)17)21-16(22)20-6-7-23-12-3-5-14(18)15(19)9-12/h2-5,8-9H,6-7H2,1H3,(H2,20,21,22). The number of halogens is 3. The van der Waals surface area contributed by atoms with Gasteiger partial charge in [-0.1, -0.05) is 15.9 Å². The van der Waals surface area contributed by atoms with Crippen LogP contribution in [0.4, 0.5) is 19.3 Å². The van der Waals surface area contributed by atoms with Gasteiger partial charge in [-0.3, -0.25) is 0 Å². The van der Waals surface area contributed by atoms with E-state index < -0.39 is 11.6 Å². The first-order chi connectivity index (χ1) is 11.0. The number of nitrogens with one attached hydrogen (secondary N) is 2. The molecule has 2 amide bonds. The van der Waals surface area contributed by atoms with Crippen LogP contribution < -0.4 is 15.4 Å². The summed E-state index contributed by atoms with van der Waals surface area (Å²) in [4.78, 5) is 11.7. The predicted molar refractivity (Wildman–Crippen MR) is 87.8 cm³/mol. The van der Waals surface area contributed by atoms with Gasteiger partial charge in [0.05, 0.1) is 6.54 Å². The highest BCUT2D eigenvalue weighted by Gasteiger charge is 2.05. The van der Waals surface area contributed by atoms with Crippen molar-refractivity contribution in [3.05, 3.63) is 58.1 Å². The maximum atomic E-state index is 13.0. The first kappa shape index (κ1) is 17.2. The fourth-order valence-corrected chi connectivity index (χ4v) is 2.04. The lowest BCUT2D eigenvalue weighted by molar-refractivity contribution is 0.247. The van der Waals surface area contributed by atoms with E-state index in [0.717, 1.165) is 22.2 Å². The van der Waals surface area contributed by atoms with Gasteiger partial charge >= 0.3 is 6.03 Å². The minimum absolute atomic E-state index is 0.137. The third-order valence-corrected chi connectivity index (χ3v) is 3.85. The molecular weight excluding hydrogens is 370 g/mol. The van der Waals surface area contributed by atoms with E-state index in [1.54, 1.807) is 6.07 Å². The number of aryl methyl sites for hydroxylation is 1. The van der Waals surface area contributed by atoms with Crippen LogP contribution in [0.3, 0.4) is 0 Å². The van der Waals surface area contributed by atoms with E-state index in [-0.39, 0.29) is 24.9 Å². The smallest absolute Gasteiger partial charge is 0.319 e. The Balaban J connectivity index is 1.74. The predicted octanol–water partition coefficient (Wildman–Crippen LogP) is 4.24. The number of carbonyl (C=O) groups is 1. The van der Waals surface area contributed by atoms with Crippen molar-refractivity contribution in [3.63, 3.8) is 0 Å². The third kappa shape index (κ3) is 5.21. The monoisotopic (exact) mass is 384 g/mol. The Morgan fingerprint density at radius 2 is 1.96 bits per heavy atom. The van der Waals surface area contributed by atoms with Gasteiger partial charge in [-0.2, -0.15) is 0 Å². The quantitative estimate of drug-likeness (QED) is 0.757. The van der Waals surface area contributed by atoms with Crippen LogP contribution in [0, 0.1) is 18.6 Å². The number of amides is 2. The summed E-state index contributed by atoms with van der Waals surface area (Å²) in [6.07, 6.45) is 0. The molecule has 2 rings (SSSR count). The van der Waals surface area contributed by atoms with Crippen molar-refractivity contribution in [2.75, 3.05) is 18.5 Å². The van der Waals surface area contributed by atoms with Gasteiger partial charge in [0.1, 0.15) is 12.4 Å². The Bertz CT molecular complexity index is 710. The number of ether oxygens (including phenoxy) is 1. The molecule has 0 heterocycles. The van der Waals surface area contributed by atoms with Gasteiger partial charge in [0.2, 0.25) is 0 Å². The van der Waals surface area contributed by atoms with Crippen LogP contribution in [0.1, 0.15) is 5.56 Å². The molecule has 0 saturated heterocycles. The topological polar surface area (TPSA) is 50.4 Å². The number of benzene rings is 2. The van der Waals surface area contributed by atoms with Crippen LogP contribution in [0.15, 0.2) is 40.9 Å². The van der Waals surface area contributed by atoms with Gasteiger partial charge in [0.15, 0.2) is 11.6 Å². The normalized spacial score (nSPS) is 10.3. The Morgan fingerprint density at radius 3 is 2.65 bits per heavy atom. The lowest BCUT2D eigenvalue weighted by Crippen LogP contribution is -2.32. The summed E-state index contributed by atoms with van der Waals surface area (Å²) in [5, 5.41) is 5.30. The number of anilines is 1. The van der Waals surface area contributed by atoms with E-state index in [9.17, 15) is 13.6 Å². The van der Waals surface area contributed by atoms with Crippen molar-refractivity contribution in [1.29, 1.82) is 0 Å². The summed E-state index contributed by atoms with van der Waals surface area (Å²) in [5.74, 6) is -1.70. The maximum absolute atomic E-state index is 13.0. The van der Waals surface area contributed by atoms with Crippen LogP contribution in [-0.4, -0.2) is 19.2 Å². The molecule has 0 aliphatic carbocycles. The minimum atomic E-state index is -0.973. The van der Waals surface area contributed by atoms with Crippen LogP contribution in [0.5, 0.6) is 5.75 Å². The second-order valence-electron chi connectivity index (χ2n) is 4.77. The lowest BCUT2D eigenvalue weighted by Gasteiger charge is -2.10. The van der Waals surface area contributed by atoms with E-state index >= 15 is 0 Å². The van der Waals surface area contributed by atoms with Crippen LogP contribution in [0.25, 0.3) is 0 Å². The average Bonchev–Trinajstić information content (AvgIpc) is 2.51. The van der Waals surface area contributed by atoms with Gasteiger partial charge in [-0.25, -0.2) is 13.6 Å². The highest BCUT2D eigenvalue weighted by molar-refractivity contribution is 9.10. The number of hydrogen-bond donors (Lipinski definition) is 2. The Hall–Kier alpha value is -2.15. The first-order valence-electron chi connectivity index (χ1n) is 6.84. The summed E-state index contributed by atoms with van der Waals surface area (Å²) in [5.41, 5.74) is 1.68. The van der Waals surface area contributed by atoms with E-state index in [1.165, 1.54) is 6.07 Å². The summed E-state index contributed by atoms with van der Waals surface area (Å²) < 4.78 is 31.9. The fourth-order valence-electron chi connectivity index (χ4n) is 1.80. The average molecular weight is 385 g/mol. The molecule has 0 atom stereocenters. The van der Waals surface area contributed by atoms with Crippen LogP contribution in [-0.2, 0) is 0 Å². The minimum Gasteiger partial charge on any atom is -0.492 e. The molecule has 0 saturated carbocycles. The lowest BCUT2D eigenvalue weighted by atomic mass is 10.2. The Morgan fingerprint density at radius 1 is 1.17 bits per heavy atom. The Kier molecular flexibility index (Phi) is 5.92. The molecule has 23 heavy (non-hydrogen) atoms. The number of urea groups is 1. The largest absolute Gasteiger partial charge is 0.492 e. The molecule has 0 fully saturated rings. The highest BCUT2D eigenvalue weighted by Crippen LogP contribution is 2.19. The van der Waals surface area contributed by atoms with E-state index in [4.69, 9.17) is 4.74 Å². The molecule has 0 aromatic heterocycles. The molecule has 122 valence electrons. The maximum Gasteiger partial charge on any atom is 0.319 e. The van der Waals surface area contributed by atoms with Crippen molar-refractivity contribution in [2.45, 2.75) is 6.92 Å². The zero-order chi connectivity index (χ0) is 16.8. The molecule has 0 spiro atoms. The zero-order valence-electron chi connectivity index (χ0n) is 12.3. The van der Waals surface area contributed by atoms with Gasteiger partial charge in [-0.15, -0.1) is 0 Å². The summed E-state index contributed by atoms with van der Waals surface area (Å²) in [6, 6.07) is 8.34. The van der Waals surface area contributed by atoms with Crippen LogP contribution in [0.2, 0.25) is 0 Å². The number of hydrogen-bond acceptors (Lipinski definition) is 2. The number of rotatable bonds is 5. The molecule has 2 aromatic rings. The summed E-state index contributed by atoms with van der Waals surface area (Å²) in [7, 11) is 0. The van der Waals surface area contributed by atoms with Crippen LogP contribution >= 0.6 is 15.9 Å². The van der Waals surface area contributed by atoms with Gasteiger partial charge in [0, 0.05) is 16.2 Å². The van der Waals surface area contributed by atoms with Crippen molar-refractivity contribution in [1.82, 2.24) is 5.32 Å². The van der Waals surface area contributed by atoms with E-state index in [2.05, 4.69) is 26.6 Å². The summed E-state index contributed by atoms with van der Waals surface area (Å²) in [6.45, 7) is 2.28. The second kappa shape index (κ2) is 7.92. The molecule has 7 heteroatoms. The van der Waals surface area contributed by atoms with Gasteiger partial charge < -0.3 is 15.4 Å². The van der Waals surface area contributed by atoms with Gasteiger partial charge in [0.25, 0.3) is 0 Å². The Labute approximate surface area is 141 Å². The molecule has 2 N–H and O–H groups in total. The van der Waals surface area contributed by atoms with Gasteiger partial charge in [-0.05, 0) is 42.8 Å². The van der Waals surface area contributed by atoms with E-state index in [0.29, 0.717) is 5.69 Å². The van der Waals surface area contributed by atoms with Crippen molar-refractivity contribution >= 4 is 27.6 Å².